The van der Waals surface area contributed by atoms with Gasteiger partial charge in [-0.3, -0.25) is 18.7 Å². The van der Waals surface area contributed by atoms with Gasteiger partial charge in [0.05, 0.1) is 90.0 Å². The van der Waals surface area contributed by atoms with Crippen LogP contribution in [0.4, 0.5) is 11.4 Å². The number of ether oxygens (including phenoxy) is 5. The molecule has 2 aliphatic heterocycles. The van der Waals surface area contributed by atoms with E-state index in [2.05, 4.69) is 5.32 Å². The summed E-state index contributed by atoms with van der Waals surface area (Å²) in [7, 11) is -17.2. The van der Waals surface area contributed by atoms with Gasteiger partial charge in [-0.2, -0.15) is 21.4 Å². The van der Waals surface area contributed by atoms with Crippen LogP contribution in [0.15, 0.2) is 161 Å². The van der Waals surface area contributed by atoms with E-state index in [1.807, 2.05) is 70.1 Å². The molecule has 0 aromatic heterocycles. The number of hydrogen-bond acceptors (Lipinski definition) is 19. The predicted molar refractivity (Wildman–Crippen MR) is 364 cm³/mol. The summed E-state index contributed by atoms with van der Waals surface area (Å²) in [5.74, 6) is -2.24. The summed E-state index contributed by atoms with van der Waals surface area (Å²) in [5.41, 5.74) is 1.49. The number of nitrogens with zero attached hydrogens (tertiary/aromatic N) is 2. The number of methoxy groups -OCH3 is 2. The van der Waals surface area contributed by atoms with E-state index in [-0.39, 0.29) is 172 Å². The van der Waals surface area contributed by atoms with Crippen molar-refractivity contribution in [2.75, 3.05) is 96.5 Å². The third kappa shape index (κ3) is 25.6. The predicted octanol–water partition coefficient (Wildman–Crippen LogP) is -1.45. The normalized spacial score (nSPS) is 16.6. The van der Waals surface area contributed by atoms with Crippen molar-refractivity contribution in [1.82, 2.24) is 5.32 Å². The largest absolute Gasteiger partial charge is 1.00 e. The number of unbranched alkanes of at least 4 members (excludes halogenated alkanes) is 2. The Morgan fingerprint density at radius 3 is 1.81 bits per heavy atom. The molecule has 0 radical (unpaired) electrons. The number of benzene rings is 5. The molecular formula is C68H83N3Na3O20PS4+2. The second kappa shape index (κ2) is 41.1. The molecule has 0 aliphatic carbocycles. The van der Waals surface area contributed by atoms with Crippen molar-refractivity contribution in [3.05, 3.63) is 174 Å². The first-order valence-corrected chi connectivity index (χ1v) is 38.7. The Morgan fingerprint density at radius 1 is 0.626 bits per heavy atom. The number of carbonyl (C=O) groups excluding carboxylic acids is 3. The van der Waals surface area contributed by atoms with Crippen LogP contribution in [0.3, 0.4) is 0 Å². The third-order valence-corrected chi connectivity index (χ3v) is 22.5. The Bertz CT molecular complexity index is 4110. The summed E-state index contributed by atoms with van der Waals surface area (Å²) in [5, 5.41) is 5.53. The topological polar surface area (TPSA) is 339 Å². The third-order valence-electron chi connectivity index (χ3n) is 16.7. The molecule has 2 atom stereocenters. The van der Waals surface area contributed by atoms with Crippen molar-refractivity contribution in [3.63, 3.8) is 0 Å². The van der Waals surface area contributed by atoms with Crippen LogP contribution in [-0.4, -0.2) is 171 Å². The van der Waals surface area contributed by atoms with Gasteiger partial charge in [-0.25, -0.2) is 21.6 Å². The van der Waals surface area contributed by atoms with Crippen LogP contribution in [0.1, 0.15) is 110 Å². The van der Waals surface area contributed by atoms with Gasteiger partial charge in [0, 0.05) is 90.6 Å². The number of ketones is 1. The molecule has 31 heteroatoms. The fourth-order valence-corrected chi connectivity index (χ4v) is 16.5. The summed E-state index contributed by atoms with van der Waals surface area (Å²) < 4.78 is 171. The number of allylic oxidation sites excluding steroid dienone is 6. The molecule has 2 aliphatic rings. The summed E-state index contributed by atoms with van der Waals surface area (Å²) in [4.78, 5) is 41.1. The fraction of sp³-hybridized carbons (Fsp3) is 0.412. The molecule has 5 aromatic carbocycles. The second-order valence-electron chi connectivity index (χ2n) is 23.5. The van der Waals surface area contributed by atoms with E-state index in [4.69, 9.17) is 23.7 Å². The zero-order chi connectivity index (χ0) is 69.7. The van der Waals surface area contributed by atoms with Crippen LogP contribution in [0.5, 0.6) is 0 Å². The number of hydrogen-bond donors (Lipinski definition) is 3. The van der Waals surface area contributed by atoms with Crippen LogP contribution in [0.25, 0.3) is 0 Å². The van der Waals surface area contributed by atoms with Gasteiger partial charge in [0.1, 0.15) is 22.4 Å². The van der Waals surface area contributed by atoms with Crippen molar-refractivity contribution in [3.8, 4) is 0 Å². The molecule has 23 nitrogen and oxygen atoms in total. The number of amides is 1. The average Bonchev–Trinajstić information content (AvgIpc) is 1.60. The number of carbonyl (C=O) groups is 3. The number of Topliss-reactive ketones (excluding diaryl/α,β-unsaturated/α-hetero) is 1. The minimum absolute atomic E-state index is 0. The molecule has 5 aromatic rings. The molecule has 2 unspecified atom stereocenters. The van der Waals surface area contributed by atoms with Gasteiger partial charge in [0.25, 0.3) is 26.1 Å². The minimum Gasteiger partial charge on any atom is -0.748 e. The summed E-state index contributed by atoms with van der Waals surface area (Å²) in [6.45, 7) is 6.47. The molecule has 1 amide bonds. The number of nitrogens with one attached hydrogen (secondary N) is 1. The zero-order valence-corrected chi connectivity index (χ0v) is 67.3. The molecule has 0 fully saturated rings. The molecule has 7 rings (SSSR count). The van der Waals surface area contributed by atoms with Crippen LogP contribution in [0, 0.1) is 0 Å². The monoisotopic (exact) mass is 1490 g/mol. The first-order valence-electron chi connectivity index (χ1n) is 31.3. The van der Waals surface area contributed by atoms with Crippen LogP contribution < -0.4 is 115 Å². The first-order chi connectivity index (χ1) is 45.6. The molecule has 2 heterocycles. The van der Waals surface area contributed by atoms with Gasteiger partial charge in [-0.05, 0) is 137 Å². The fourth-order valence-electron chi connectivity index (χ4n) is 12.0. The molecule has 99 heavy (non-hydrogen) atoms. The van der Waals surface area contributed by atoms with E-state index in [1.165, 1.54) is 43.5 Å². The van der Waals surface area contributed by atoms with E-state index in [0.29, 0.717) is 109 Å². The Kier molecular flexibility index (Phi) is 36.4. The quantitative estimate of drug-likeness (QED) is 0.00769. The smallest absolute Gasteiger partial charge is 0.748 e. The number of fused-ring (bicyclic) bond motifs is 2. The molecule has 0 saturated heterocycles. The van der Waals surface area contributed by atoms with Gasteiger partial charge in [-0.1, -0.05) is 78.9 Å². The van der Waals surface area contributed by atoms with Crippen LogP contribution >= 0.6 is 7.92 Å². The maximum absolute atomic E-state index is 13.7. The van der Waals surface area contributed by atoms with Crippen molar-refractivity contribution in [1.29, 1.82) is 0 Å². The Morgan fingerprint density at radius 2 is 1.21 bits per heavy atom. The molecular weight excluding hydrogens is 1410 g/mol. The van der Waals surface area contributed by atoms with E-state index < -0.39 is 86.5 Å². The van der Waals surface area contributed by atoms with Gasteiger partial charge < -0.3 is 43.0 Å². The van der Waals surface area contributed by atoms with Crippen molar-refractivity contribution in [2.24, 2.45) is 0 Å². The minimum atomic E-state index is -4.98. The van der Waals surface area contributed by atoms with Gasteiger partial charge in [0.2, 0.25) is 5.69 Å². The summed E-state index contributed by atoms with van der Waals surface area (Å²) >= 11 is 0. The standard InChI is InChI=1S/C68H84N3O20PS4.3Na/c1-67(34-18-46-93(75,76)77)58-49-55(95(81,82)83)29-32-60(58)70(37-16-8-9-20-52(72)21-17-36-69-65(73)51-28-31-57(66(74)88-4)62(48-51)92(53-22-10-5-11-23-53)54-24-12-6-13-25-54)63(67)26-14-7-15-27-64-68(2,35-19-47-94(78,79)80)59-50-56(96(84,85)86)30-33-61(59)71(64)38-39-89-42-43-91-45-44-90-41-40-87-3;;;/h5-7,10-15,22-33,48-50H,8-9,16-21,34-47H2,1-4H3,(H4-,69,73,75,76,77,78,79,80,81,82,83,84,85,86);;;/q;3*+1/p-1. The Hall–Kier alpha value is -3.69. The van der Waals surface area contributed by atoms with Crippen LogP contribution in [0.2, 0.25) is 0 Å². The van der Waals surface area contributed by atoms with E-state index >= 15 is 0 Å². The van der Waals surface area contributed by atoms with E-state index in [9.17, 15) is 66.3 Å². The summed E-state index contributed by atoms with van der Waals surface area (Å²) in [6, 6.07) is 32.4. The molecule has 0 bridgehead atoms. The number of esters is 1. The van der Waals surface area contributed by atoms with Gasteiger partial charge in [-0.15, -0.1) is 0 Å². The van der Waals surface area contributed by atoms with E-state index in [0.717, 1.165) is 10.6 Å². The number of anilines is 1. The second-order valence-corrected chi connectivity index (χ2v) is 31.5. The van der Waals surface area contributed by atoms with Gasteiger partial charge in [0.15, 0.2) is 5.71 Å². The first kappa shape index (κ1) is 87.7. The molecule has 3 N–H and O–H groups in total. The molecule has 520 valence electrons. The molecule has 0 spiro atoms. The maximum Gasteiger partial charge on any atom is 1.00 e. The van der Waals surface area contributed by atoms with Gasteiger partial charge >= 0.3 is 94.6 Å². The van der Waals surface area contributed by atoms with Crippen molar-refractivity contribution >= 4 is 99.1 Å². The average molecular weight is 1490 g/mol. The summed E-state index contributed by atoms with van der Waals surface area (Å²) in [6.07, 6.45) is 10.9. The van der Waals surface area contributed by atoms with Crippen molar-refractivity contribution in [2.45, 2.75) is 98.7 Å². The van der Waals surface area contributed by atoms with Crippen molar-refractivity contribution < 1.29 is 183 Å². The SMILES string of the molecule is COCCOCCOCCOCCN1C(=CC=CC=CC2=[N+](CCCCCC(=O)CCCNC(=O)c3ccc(C(=O)OC)c(P(c4ccccc4)c4ccccc4)c3)c3ccc(S(=O)(=O)[O-])cc3C2(C)CCCS(=O)(=O)[O-])C(C)(CCCS(=O)(=O)O)c2cc(S(=O)(=O)O)ccc21.[Na+].[Na+].[Na+]. The van der Waals surface area contributed by atoms with Crippen LogP contribution in [-0.2, 0) is 79.8 Å². The zero-order valence-electron chi connectivity index (χ0n) is 57.1. The Balaban J connectivity index is 0.00000694. The Labute approximate surface area is 649 Å². The molecule has 0 saturated carbocycles. The maximum atomic E-state index is 13.7. The van der Waals surface area contributed by atoms with E-state index in [1.54, 1.807) is 69.5 Å². The number of rotatable bonds is 40.